The number of esters is 1. The third-order valence-corrected chi connectivity index (χ3v) is 3.41. The molecule has 1 aromatic carbocycles. The number of nitrogens with zero attached hydrogens (tertiary/aromatic N) is 1. The summed E-state index contributed by atoms with van der Waals surface area (Å²) in [7, 11) is 1.31. The fourth-order valence-electron chi connectivity index (χ4n) is 1.95. The van der Waals surface area contributed by atoms with Crippen LogP contribution in [0.5, 0.6) is 0 Å². The average Bonchev–Trinajstić information content (AvgIpc) is 2.50. The van der Waals surface area contributed by atoms with Gasteiger partial charge in [-0.25, -0.2) is 0 Å². The number of hydrogen-bond donors (Lipinski definition) is 1. The topological polar surface area (TPSA) is 66.8 Å². The Morgan fingerprint density at radius 3 is 2.62 bits per heavy atom. The van der Waals surface area contributed by atoms with E-state index in [0.29, 0.717) is 23.6 Å². The lowest BCUT2D eigenvalue weighted by Crippen LogP contribution is -2.38. The van der Waals surface area contributed by atoms with Crippen LogP contribution in [0.25, 0.3) is 0 Å². The van der Waals surface area contributed by atoms with E-state index >= 15 is 0 Å². The Morgan fingerprint density at radius 2 is 2.05 bits per heavy atom. The maximum absolute atomic E-state index is 12.5. The first-order valence-electron chi connectivity index (χ1n) is 6.73. The standard InChI is InChI=1S/C15H20ClNO4/c1-11(15(20)21-2)10-17(8-5-9-18)14(19)12-6-3-4-7-13(12)16/h3-4,6-7,11,18H,5,8-10H2,1-2H3. The second kappa shape index (κ2) is 8.64. The predicted molar refractivity (Wildman–Crippen MR) is 80.2 cm³/mol. The molecule has 1 rings (SSSR count). The summed E-state index contributed by atoms with van der Waals surface area (Å²) in [5, 5.41) is 9.32. The Bertz CT molecular complexity index is 492. The van der Waals surface area contributed by atoms with Gasteiger partial charge in [0.25, 0.3) is 5.91 Å². The largest absolute Gasteiger partial charge is 0.469 e. The van der Waals surface area contributed by atoms with Gasteiger partial charge in [-0.1, -0.05) is 30.7 Å². The summed E-state index contributed by atoms with van der Waals surface area (Å²) < 4.78 is 4.67. The third-order valence-electron chi connectivity index (χ3n) is 3.08. The summed E-state index contributed by atoms with van der Waals surface area (Å²) >= 11 is 6.04. The van der Waals surface area contributed by atoms with E-state index in [1.165, 1.54) is 12.0 Å². The summed E-state index contributed by atoms with van der Waals surface area (Å²) in [6.45, 7) is 2.23. The second-order valence-corrected chi connectivity index (χ2v) is 5.14. The Kier molecular flexibility index (Phi) is 7.19. The number of carbonyl (C=O) groups excluding carboxylic acids is 2. The van der Waals surface area contributed by atoms with Gasteiger partial charge >= 0.3 is 5.97 Å². The molecule has 0 aromatic heterocycles. The molecule has 0 spiro atoms. The van der Waals surface area contributed by atoms with Crippen LogP contribution in [-0.4, -0.2) is 48.7 Å². The van der Waals surface area contributed by atoms with Gasteiger partial charge in [0.2, 0.25) is 0 Å². The molecule has 0 saturated carbocycles. The normalized spacial score (nSPS) is 11.8. The molecule has 116 valence electrons. The van der Waals surface area contributed by atoms with Crippen LogP contribution in [0.4, 0.5) is 0 Å². The molecule has 1 N–H and O–H groups in total. The number of hydrogen-bond acceptors (Lipinski definition) is 4. The highest BCUT2D eigenvalue weighted by atomic mass is 35.5. The number of aliphatic hydroxyl groups excluding tert-OH is 1. The Hall–Kier alpha value is -1.59. The van der Waals surface area contributed by atoms with Gasteiger partial charge in [-0.05, 0) is 18.6 Å². The summed E-state index contributed by atoms with van der Waals surface area (Å²) in [6, 6.07) is 6.75. The molecule has 6 heteroatoms. The van der Waals surface area contributed by atoms with Crippen LogP contribution in [0.3, 0.4) is 0 Å². The van der Waals surface area contributed by atoms with E-state index in [2.05, 4.69) is 4.74 Å². The quantitative estimate of drug-likeness (QED) is 0.782. The number of amides is 1. The maximum Gasteiger partial charge on any atom is 0.310 e. The zero-order chi connectivity index (χ0) is 15.8. The molecular weight excluding hydrogens is 294 g/mol. The van der Waals surface area contributed by atoms with Crippen molar-refractivity contribution in [3.8, 4) is 0 Å². The summed E-state index contributed by atoms with van der Waals surface area (Å²) in [6.07, 6.45) is 0.435. The van der Waals surface area contributed by atoms with Gasteiger partial charge in [0, 0.05) is 19.7 Å². The highest BCUT2D eigenvalue weighted by Crippen LogP contribution is 2.18. The second-order valence-electron chi connectivity index (χ2n) is 4.73. The fourth-order valence-corrected chi connectivity index (χ4v) is 2.17. The smallest absolute Gasteiger partial charge is 0.310 e. The molecule has 21 heavy (non-hydrogen) atoms. The van der Waals surface area contributed by atoms with E-state index in [-0.39, 0.29) is 25.0 Å². The van der Waals surface area contributed by atoms with Crippen molar-refractivity contribution in [1.82, 2.24) is 4.90 Å². The van der Waals surface area contributed by atoms with Crippen molar-refractivity contribution >= 4 is 23.5 Å². The van der Waals surface area contributed by atoms with E-state index in [9.17, 15) is 9.59 Å². The van der Waals surface area contributed by atoms with Crippen molar-refractivity contribution in [2.75, 3.05) is 26.8 Å². The molecule has 0 aliphatic rings. The van der Waals surface area contributed by atoms with Crippen LogP contribution in [0.1, 0.15) is 23.7 Å². The molecule has 1 unspecified atom stereocenters. The molecule has 0 fully saturated rings. The molecule has 0 bridgehead atoms. The minimum absolute atomic E-state index is 0.0289. The van der Waals surface area contributed by atoms with Gasteiger partial charge in [0.05, 0.1) is 23.6 Å². The predicted octanol–water partition coefficient (Wildman–Crippen LogP) is 1.97. The first-order valence-corrected chi connectivity index (χ1v) is 7.11. The van der Waals surface area contributed by atoms with Gasteiger partial charge in [0.15, 0.2) is 0 Å². The molecule has 0 heterocycles. The highest BCUT2D eigenvalue weighted by Gasteiger charge is 2.23. The van der Waals surface area contributed by atoms with Crippen LogP contribution in [-0.2, 0) is 9.53 Å². The van der Waals surface area contributed by atoms with E-state index in [1.54, 1.807) is 31.2 Å². The minimum Gasteiger partial charge on any atom is -0.469 e. The van der Waals surface area contributed by atoms with Gasteiger partial charge in [-0.2, -0.15) is 0 Å². The first-order chi connectivity index (χ1) is 10.0. The number of aliphatic hydroxyl groups is 1. The number of methoxy groups -OCH3 is 1. The highest BCUT2D eigenvalue weighted by molar-refractivity contribution is 6.33. The van der Waals surface area contributed by atoms with E-state index in [1.807, 2.05) is 0 Å². The number of ether oxygens (including phenoxy) is 1. The van der Waals surface area contributed by atoms with Gasteiger partial charge in [0.1, 0.15) is 0 Å². The molecular formula is C15H20ClNO4. The van der Waals surface area contributed by atoms with E-state index < -0.39 is 5.92 Å². The van der Waals surface area contributed by atoms with Gasteiger partial charge < -0.3 is 14.7 Å². The zero-order valence-electron chi connectivity index (χ0n) is 12.2. The molecule has 0 saturated heterocycles. The summed E-state index contributed by atoms with van der Waals surface area (Å²) in [5.41, 5.74) is 0.383. The summed E-state index contributed by atoms with van der Waals surface area (Å²) in [5.74, 6) is -1.08. The van der Waals surface area contributed by atoms with Gasteiger partial charge in [-0.15, -0.1) is 0 Å². The molecule has 1 amide bonds. The van der Waals surface area contributed by atoms with Gasteiger partial charge in [-0.3, -0.25) is 9.59 Å². The number of halogens is 1. The van der Waals surface area contributed by atoms with Crippen LogP contribution in [0.2, 0.25) is 5.02 Å². The number of benzene rings is 1. The van der Waals surface area contributed by atoms with Crippen molar-refractivity contribution in [3.63, 3.8) is 0 Å². The minimum atomic E-state index is -0.444. The molecule has 0 radical (unpaired) electrons. The van der Waals surface area contributed by atoms with Crippen LogP contribution in [0, 0.1) is 5.92 Å². The third kappa shape index (κ3) is 5.02. The van der Waals surface area contributed by atoms with Crippen LogP contribution in [0.15, 0.2) is 24.3 Å². The molecule has 0 aliphatic heterocycles. The SMILES string of the molecule is COC(=O)C(C)CN(CCCO)C(=O)c1ccccc1Cl. The summed E-state index contributed by atoms with van der Waals surface area (Å²) in [4.78, 5) is 25.6. The molecule has 5 nitrogen and oxygen atoms in total. The van der Waals surface area contributed by atoms with Crippen molar-refractivity contribution in [3.05, 3.63) is 34.9 Å². The lowest BCUT2D eigenvalue weighted by Gasteiger charge is -2.25. The lowest BCUT2D eigenvalue weighted by molar-refractivity contribution is -0.145. The monoisotopic (exact) mass is 313 g/mol. The van der Waals surface area contributed by atoms with Crippen LogP contribution < -0.4 is 0 Å². The maximum atomic E-state index is 12.5. The molecule has 1 atom stereocenters. The number of rotatable bonds is 7. The van der Waals surface area contributed by atoms with Crippen molar-refractivity contribution in [2.24, 2.45) is 5.92 Å². The van der Waals surface area contributed by atoms with E-state index in [4.69, 9.17) is 16.7 Å². The first kappa shape index (κ1) is 17.5. The number of carbonyl (C=O) groups is 2. The van der Waals surface area contributed by atoms with Crippen LogP contribution >= 0.6 is 11.6 Å². The molecule has 1 aromatic rings. The fraction of sp³-hybridized carbons (Fsp3) is 0.467. The van der Waals surface area contributed by atoms with Crippen molar-refractivity contribution in [2.45, 2.75) is 13.3 Å². The van der Waals surface area contributed by atoms with E-state index in [0.717, 1.165) is 0 Å². The molecule has 0 aliphatic carbocycles. The lowest BCUT2D eigenvalue weighted by atomic mass is 10.1. The Labute approximate surface area is 129 Å². The van der Waals surface area contributed by atoms with Crippen molar-refractivity contribution in [1.29, 1.82) is 0 Å². The Morgan fingerprint density at radius 1 is 1.38 bits per heavy atom. The average molecular weight is 314 g/mol. The zero-order valence-corrected chi connectivity index (χ0v) is 13.0. The van der Waals surface area contributed by atoms with Crippen molar-refractivity contribution < 1.29 is 19.4 Å². The Balaban J connectivity index is 2.89.